The van der Waals surface area contributed by atoms with Crippen molar-refractivity contribution in [3.63, 3.8) is 0 Å². The number of halogens is 3. The average Bonchev–Trinajstić information content (AvgIpc) is 2.94. The zero-order valence-electron chi connectivity index (χ0n) is 24.4. The van der Waals surface area contributed by atoms with E-state index in [1.165, 1.54) is 37.4 Å². The fraction of sp³-hybridized carbons (Fsp3) is 0.393. The zero-order chi connectivity index (χ0) is 32.3. The predicted octanol–water partition coefficient (Wildman–Crippen LogP) is 4.95. The highest BCUT2D eigenvalue weighted by Crippen LogP contribution is 2.27. The number of alkyl halides is 3. The minimum atomic E-state index is -4.63. The molecule has 1 amide bonds. The maximum atomic E-state index is 12.8. The lowest BCUT2D eigenvalue weighted by atomic mass is 10.2. The third-order valence-corrected chi connectivity index (χ3v) is 5.26. The third kappa shape index (κ3) is 11.7. The quantitative estimate of drug-likeness (QED) is 0.150. The Morgan fingerprint density at radius 1 is 0.955 bits per heavy atom. The number of aromatic nitrogens is 3. The van der Waals surface area contributed by atoms with Crippen molar-refractivity contribution in [2.45, 2.75) is 45.5 Å². The number of nitrogens with zero attached hydrogens (tertiary/aromatic N) is 3. The molecule has 4 N–H and O–H groups in total. The van der Waals surface area contributed by atoms with Gasteiger partial charge in [0.25, 0.3) is 0 Å². The maximum absolute atomic E-state index is 12.8. The summed E-state index contributed by atoms with van der Waals surface area (Å²) in [4.78, 5) is 36.1. The molecule has 238 valence electrons. The highest BCUT2D eigenvalue weighted by atomic mass is 19.4. The first-order chi connectivity index (χ1) is 20.7. The molecule has 0 aliphatic heterocycles. The van der Waals surface area contributed by atoms with Crippen molar-refractivity contribution in [2.24, 2.45) is 0 Å². The van der Waals surface area contributed by atoms with Crippen LogP contribution in [-0.2, 0) is 16.0 Å². The van der Waals surface area contributed by atoms with Crippen LogP contribution in [0.2, 0.25) is 0 Å². The molecule has 0 atom stereocenters. The Morgan fingerprint density at radius 3 is 2.32 bits per heavy atom. The number of alkyl carbamates (subject to hydrolysis) is 1. The summed E-state index contributed by atoms with van der Waals surface area (Å²) in [5, 5.41) is 17.8. The van der Waals surface area contributed by atoms with Crippen LogP contribution in [0.1, 0.15) is 43.1 Å². The fourth-order valence-electron chi connectivity index (χ4n) is 3.38. The normalized spacial score (nSPS) is 11.3. The van der Waals surface area contributed by atoms with E-state index in [4.69, 9.17) is 18.9 Å². The molecule has 44 heavy (non-hydrogen) atoms. The maximum Gasteiger partial charge on any atom is 0.422 e. The van der Waals surface area contributed by atoms with Gasteiger partial charge >= 0.3 is 24.2 Å². The molecular weight excluding hydrogens is 589 g/mol. The lowest BCUT2D eigenvalue weighted by Gasteiger charge is -2.19. The second-order valence-electron chi connectivity index (χ2n) is 10.1. The molecule has 3 rings (SSSR count). The van der Waals surface area contributed by atoms with Gasteiger partial charge in [0, 0.05) is 24.8 Å². The molecule has 0 bridgehead atoms. The van der Waals surface area contributed by atoms with Crippen molar-refractivity contribution in [3.05, 3.63) is 53.6 Å². The van der Waals surface area contributed by atoms with E-state index in [-0.39, 0.29) is 48.7 Å². The number of amides is 1. The Hall–Kier alpha value is -5.02. The van der Waals surface area contributed by atoms with Crippen LogP contribution >= 0.6 is 0 Å². The number of hydrogen-bond acceptors (Lipinski definition) is 12. The molecule has 0 aliphatic rings. The Balaban J connectivity index is 1.75. The highest BCUT2D eigenvalue weighted by molar-refractivity contribution is 5.93. The lowest BCUT2D eigenvalue weighted by Crippen LogP contribution is -2.33. The SMILES string of the molecule is COC(=O)c1ccc(Nc2nc(NCc3ccc(O)cc3)nc(OCC(F)(F)F)n2)cc1OCCCNC(=O)OC(C)(C)C. The topological polar surface area (TPSA) is 166 Å². The number of hydrogen-bond donors (Lipinski definition) is 4. The van der Waals surface area contributed by atoms with Crippen LogP contribution in [0.4, 0.5) is 35.5 Å². The smallest absolute Gasteiger partial charge is 0.422 e. The molecule has 0 fully saturated rings. The summed E-state index contributed by atoms with van der Waals surface area (Å²) in [5.41, 5.74) is 0.518. The van der Waals surface area contributed by atoms with E-state index in [0.29, 0.717) is 12.1 Å². The van der Waals surface area contributed by atoms with Crippen LogP contribution in [-0.4, -0.2) is 70.8 Å². The average molecular weight is 623 g/mol. The van der Waals surface area contributed by atoms with Gasteiger partial charge < -0.3 is 40.0 Å². The number of aromatic hydroxyl groups is 1. The summed E-state index contributed by atoms with van der Waals surface area (Å²) in [5.74, 6) is -0.714. The van der Waals surface area contributed by atoms with Gasteiger partial charge in [0.1, 0.15) is 22.7 Å². The number of benzene rings is 2. The Morgan fingerprint density at radius 2 is 1.66 bits per heavy atom. The van der Waals surface area contributed by atoms with E-state index in [9.17, 15) is 27.9 Å². The number of phenols is 1. The molecule has 0 saturated carbocycles. The molecule has 3 aromatic rings. The predicted molar refractivity (Wildman–Crippen MR) is 152 cm³/mol. The molecular formula is C28H33F3N6O7. The molecule has 0 aliphatic carbocycles. The first-order valence-electron chi connectivity index (χ1n) is 13.3. The molecule has 0 radical (unpaired) electrons. The van der Waals surface area contributed by atoms with E-state index < -0.39 is 36.5 Å². The molecule has 1 heterocycles. The summed E-state index contributed by atoms with van der Waals surface area (Å²) < 4.78 is 58.9. The van der Waals surface area contributed by atoms with Crippen molar-refractivity contribution in [2.75, 3.05) is 37.5 Å². The van der Waals surface area contributed by atoms with Gasteiger partial charge in [0.05, 0.1) is 13.7 Å². The third-order valence-electron chi connectivity index (χ3n) is 5.26. The van der Waals surface area contributed by atoms with Crippen molar-refractivity contribution >= 4 is 29.6 Å². The first-order valence-corrected chi connectivity index (χ1v) is 13.3. The van der Waals surface area contributed by atoms with Gasteiger partial charge in [-0.1, -0.05) is 12.1 Å². The van der Waals surface area contributed by atoms with Gasteiger partial charge in [-0.15, -0.1) is 0 Å². The van der Waals surface area contributed by atoms with Gasteiger partial charge in [-0.25, -0.2) is 9.59 Å². The van der Waals surface area contributed by atoms with E-state index in [2.05, 4.69) is 30.9 Å². The van der Waals surface area contributed by atoms with Gasteiger partial charge in [-0.3, -0.25) is 0 Å². The number of anilines is 3. The second kappa shape index (κ2) is 14.9. The van der Waals surface area contributed by atoms with Crippen LogP contribution in [0.5, 0.6) is 17.5 Å². The second-order valence-corrected chi connectivity index (χ2v) is 10.1. The van der Waals surface area contributed by atoms with E-state index in [1.807, 2.05) is 0 Å². The summed E-state index contributed by atoms with van der Waals surface area (Å²) in [6.07, 6.45) is -4.83. The van der Waals surface area contributed by atoms with Crippen LogP contribution in [0.25, 0.3) is 0 Å². The van der Waals surface area contributed by atoms with Crippen molar-refractivity contribution < 1.29 is 46.8 Å². The molecule has 0 unspecified atom stereocenters. The monoisotopic (exact) mass is 622 g/mol. The molecule has 2 aromatic carbocycles. The van der Waals surface area contributed by atoms with Crippen molar-refractivity contribution in [1.82, 2.24) is 20.3 Å². The Kier molecular flexibility index (Phi) is 11.4. The first kappa shape index (κ1) is 33.5. The van der Waals surface area contributed by atoms with Gasteiger partial charge in [0.15, 0.2) is 6.61 Å². The molecule has 0 spiro atoms. The number of carbonyl (C=O) groups is 2. The molecule has 13 nitrogen and oxygen atoms in total. The number of nitrogens with one attached hydrogen (secondary N) is 3. The number of rotatable bonds is 13. The number of methoxy groups -OCH3 is 1. The molecule has 0 saturated heterocycles. The largest absolute Gasteiger partial charge is 0.508 e. The summed E-state index contributed by atoms with van der Waals surface area (Å²) in [7, 11) is 1.21. The summed E-state index contributed by atoms with van der Waals surface area (Å²) in [6, 6.07) is 10.0. The fourth-order valence-corrected chi connectivity index (χ4v) is 3.38. The molecule has 16 heteroatoms. The molecule has 1 aromatic heterocycles. The van der Waals surface area contributed by atoms with Crippen LogP contribution < -0.4 is 25.4 Å². The van der Waals surface area contributed by atoms with E-state index in [0.717, 1.165) is 5.56 Å². The minimum absolute atomic E-state index is 0.0715. The van der Waals surface area contributed by atoms with Gasteiger partial charge in [-0.05, 0) is 57.0 Å². The van der Waals surface area contributed by atoms with Gasteiger partial charge in [0.2, 0.25) is 11.9 Å². The Labute approximate surface area is 251 Å². The number of ether oxygens (including phenoxy) is 4. The van der Waals surface area contributed by atoms with Crippen molar-refractivity contribution in [3.8, 4) is 17.5 Å². The number of carbonyl (C=O) groups excluding carboxylic acids is 2. The standard InChI is InChI=1S/C28H33F3N6O7/c1-27(2,3)44-26(40)32-12-5-13-42-21-14-18(8-11-20(21)22(39)41-4)34-24-35-23(33-15-17-6-9-19(38)10-7-17)36-25(37-24)43-16-28(29,30)31/h6-11,14,38H,5,12-13,15-16H2,1-4H3,(H,32,40)(H2,33,34,35,36,37). The number of phenolic OH excluding ortho intramolecular Hbond substituents is 1. The van der Waals surface area contributed by atoms with Crippen molar-refractivity contribution in [1.29, 1.82) is 0 Å². The van der Waals surface area contributed by atoms with Crippen LogP contribution in [0, 0.1) is 0 Å². The zero-order valence-corrected chi connectivity index (χ0v) is 24.4. The lowest BCUT2D eigenvalue weighted by molar-refractivity contribution is -0.154. The number of esters is 1. The minimum Gasteiger partial charge on any atom is -0.508 e. The Bertz CT molecular complexity index is 1420. The summed E-state index contributed by atoms with van der Waals surface area (Å²) in [6.45, 7) is 4.13. The highest BCUT2D eigenvalue weighted by Gasteiger charge is 2.29. The van der Waals surface area contributed by atoms with Gasteiger partial charge in [-0.2, -0.15) is 28.1 Å². The van der Waals surface area contributed by atoms with Crippen LogP contribution in [0.15, 0.2) is 42.5 Å². The van der Waals surface area contributed by atoms with E-state index >= 15 is 0 Å². The summed E-state index contributed by atoms with van der Waals surface area (Å²) >= 11 is 0. The van der Waals surface area contributed by atoms with E-state index in [1.54, 1.807) is 32.9 Å². The van der Waals surface area contributed by atoms with Crippen LogP contribution in [0.3, 0.4) is 0 Å².